The van der Waals surface area contributed by atoms with Crippen molar-refractivity contribution in [3.8, 4) is 5.75 Å². The Bertz CT molecular complexity index is 1720. The fourth-order valence-electron chi connectivity index (χ4n) is 3.61. The van der Waals surface area contributed by atoms with Gasteiger partial charge in [-0.3, -0.25) is 14.2 Å². The molecule has 0 bridgehead atoms. The van der Waals surface area contributed by atoms with Gasteiger partial charge in [0.25, 0.3) is 26.0 Å². The van der Waals surface area contributed by atoms with Crippen LogP contribution >= 0.6 is 11.6 Å². The largest absolute Gasteiger partial charge is 0.494 e. The lowest BCUT2D eigenvalue weighted by Crippen LogP contribution is -2.15. The quantitative estimate of drug-likeness (QED) is 0.208. The number of aryl methyl sites for hydroxylation is 1. The summed E-state index contributed by atoms with van der Waals surface area (Å²) in [5.74, 6) is 0.0740. The first-order valence-electron chi connectivity index (χ1n) is 12.0. The minimum atomic E-state index is -3.87. The van der Waals surface area contributed by atoms with Gasteiger partial charge in [-0.2, -0.15) is 0 Å². The standard InChI is InChI=1S/C28H26ClN3O6S2/c1-3-38-23-11-6-21(7-12-23)31-39(34,35)25-15-8-20(9-16-25)30-28(33)26-17-10-22(18-27(26)29)32-40(36,37)24-13-4-19(2)5-14-24/h4-18,31-32H,3H2,1-2H3,(H,30,33). The van der Waals surface area contributed by atoms with Gasteiger partial charge in [0, 0.05) is 11.4 Å². The summed E-state index contributed by atoms with van der Waals surface area (Å²) >= 11 is 6.28. The highest BCUT2D eigenvalue weighted by Crippen LogP contribution is 2.25. The van der Waals surface area contributed by atoms with E-state index in [1.54, 1.807) is 36.4 Å². The van der Waals surface area contributed by atoms with Crippen LogP contribution in [0.2, 0.25) is 5.02 Å². The zero-order valence-electron chi connectivity index (χ0n) is 21.5. The van der Waals surface area contributed by atoms with E-state index in [1.807, 2.05) is 13.8 Å². The predicted octanol–water partition coefficient (Wildman–Crippen LogP) is 5.90. The van der Waals surface area contributed by atoms with Crippen molar-refractivity contribution < 1.29 is 26.4 Å². The molecule has 4 aromatic carbocycles. The monoisotopic (exact) mass is 599 g/mol. The molecular weight excluding hydrogens is 574 g/mol. The molecule has 9 nitrogen and oxygen atoms in total. The number of nitrogens with one attached hydrogen (secondary N) is 3. The molecule has 4 aromatic rings. The number of amides is 1. The molecule has 12 heteroatoms. The number of carbonyl (C=O) groups excluding carboxylic acids is 1. The van der Waals surface area contributed by atoms with E-state index in [4.69, 9.17) is 16.3 Å². The van der Waals surface area contributed by atoms with E-state index in [0.717, 1.165) is 5.56 Å². The van der Waals surface area contributed by atoms with Crippen molar-refractivity contribution in [1.29, 1.82) is 0 Å². The number of anilines is 3. The maximum Gasteiger partial charge on any atom is 0.261 e. The Morgan fingerprint density at radius 1 is 0.725 bits per heavy atom. The second kappa shape index (κ2) is 12.0. The molecule has 4 rings (SSSR count). The summed E-state index contributed by atoms with van der Waals surface area (Å²) in [5, 5.41) is 2.68. The van der Waals surface area contributed by atoms with Crippen LogP contribution in [0, 0.1) is 6.92 Å². The molecule has 0 aliphatic carbocycles. The number of hydrogen-bond acceptors (Lipinski definition) is 6. The van der Waals surface area contributed by atoms with E-state index in [0.29, 0.717) is 23.7 Å². The fourth-order valence-corrected chi connectivity index (χ4v) is 5.98. The van der Waals surface area contributed by atoms with Crippen molar-refractivity contribution in [2.75, 3.05) is 21.4 Å². The average Bonchev–Trinajstić information content (AvgIpc) is 2.90. The van der Waals surface area contributed by atoms with Gasteiger partial charge in [0.1, 0.15) is 5.75 Å². The number of ether oxygens (including phenoxy) is 1. The third-order valence-electron chi connectivity index (χ3n) is 5.64. The van der Waals surface area contributed by atoms with Crippen LogP contribution in [0.3, 0.4) is 0 Å². The number of halogens is 1. The summed E-state index contributed by atoms with van der Waals surface area (Å²) in [7, 11) is -7.70. The molecule has 0 radical (unpaired) electrons. The molecule has 0 saturated carbocycles. The summed E-state index contributed by atoms with van der Waals surface area (Å²) in [5.41, 5.74) is 1.94. The molecule has 0 heterocycles. The van der Waals surface area contributed by atoms with Crippen LogP contribution < -0.4 is 19.5 Å². The van der Waals surface area contributed by atoms with Crippen LogP contribution in [0.15, 0.2) is 101 Å². The van der Waals surface area contributed by atoms with Crippen molar-refractivity contribution in [2.24, 2.45) is 0 Å². The summed E-state index contributed by atoms with van der Waals surface area (Å²) < 4.78 is 61.1. The molecule has 208 valence electrons. The van der Waals surface area contributed by atoms with Gasteiger partial charge in [0.05, 0.1) is 32.7 Å². The first-order chi connectivity index (χ1) is 19.0. The Kier molecular flexibility index (Phi) is 8.67. The maximum absolute atomic E-state index is 12.8. The van der Waals surface area contributed by atoms with Gasteiger partial charge in [-0.25, -0.2) is 16.8 Å². The number of carbonyl (C=O) groups is 1. The van der Waals surface area contributed by atoms with Crippen LogP contribution in [-0.4, -0.2) is 29.3 Å². The normalized spacial score (nSPS) is 11.5. The van der Waals surface area contributed by atoms with Gasteiger partial charge in [-0.15, -0.1) is 0 Å². The van der Waals surface area contributed by atoms with Gasteiger partial charge < -0.3 is 10.1 Å². The predicted molar refractivity (Wildman–Crippen MR) is 156 cm³/mol. The Morgan fingerprint density at radius 2 is 1.23 bits per heavy atom. The first-order valence-corrected chi connectivity index (χ1v) is 15.4. The molecule has 0 spiro atoms. The van der Waals surface area contributed by atoms with Crippen LogP contribution in [-0.2, 0) is 20.0 Å². The molecule has 0 fully saturated rings. The molecule has 0 atom stereocenters. The minimum absolute atomic E-state index is 0.00243. The zero-order valence-corrected chi connectivity index (χ0v) is 23.9. The van der Waals surface area contributed by atoms with E-state index in [2.05, 4.69) is 14.8 Å². The molecule has 0 aromatic heterocycles. The Balaban J connectivity index is 1.41. The molecule has 40 heavy (non-hydrogen) atoms. The minimum Gasteiger partial charge on any atom is -0.494 e. The molecule has 0 unspecified atom stereocenters. The smallest absolute Gasteiger partial charge is 0.261 e. The Hall–Kier alpha value is -4.06. The third-order valence-corrected chi connectivity index (χ3v) is 8.74. The van der Waals surface area contributed by atoms with Crippen LogP contribution in [0.25, 0.3) is 0 Å². The second-order valence-electron chi connectivity index (χ2n) is 8.65. The van der Waals surface area contributed by atoms with Crippen molar-refractivity contribution in [3.05, 3.63) is 107 Å². The summed E-state index contributed by atoms with van der Waals surface area (Å²) in [6.45, 7) is 4.21. The van der Waals surface area contributed by atoms with E-state index >= 15 is 0 Å². The van der Waals surface area contributed by atoms with Crippen molar-refractivity contribution in [2.45, 2.75) is 23.6 Å². The van der Waals surface area contributed by atoms with Gasteiger partial charge in [-0.05, 0) is 92.7 Å². The van der Waals surface area contributed by atoms with Crippen LogP contribution in [0.4, 0.5) is 17.1 Å². The number of sulfonamides is 2. The van der Waals surface area contributed by atoms with Crippen LogP contribution in [0.1, 0.15) is 22.8 Å². The van der Waals surface area contributed by atoms with Gasteiger partial charge in [-0.1, -0.05) is 29.3 Å². The maximum atomic E-state index is 12.8. The SMILES string of the molecule is CCOc1ccc(NS(=O)(=O)c2ccc(NC(=O)c3ccc(NS(=O)(=O)c4ccc(C)cc4)cc3Cl)cc2)cc1. The lowest BCUT2D eigenvalue weighted by atomic mass is 10.2. The van der Waals surface area contributed by atoms with Crippen molar-refractivity contribution >= 4 is 54.6 Å². The molecule has 0 aliphatic rings. The van der Waals surface area contributed by atoms with E-state index < -0.39 is 26.0 Å². The summed E-state index contributed by atoms with van der Waals surface area (Å²) in [6.07, 6.45) is 0. The number of rotatable bonds is 10. The highest BCUT2D eigenvalue weighted by atomic mass is 35.5. The van der Waals surface area contributed by atoms with Gasteiger partial charge in [0.2, 0.25) is 0 Å². The fraction of sp³-hybridized carbons (Fsp3) is 0.107. The van der Waals surface area contributed by atoms with Gasteiger partial charge >= 0.3 is 0 Å². The summed E-state index contributed by atoms with van der Waals surface area (Å²) in [6, 6.07) is 22.7. The Labute approximate surface area is 238 Å². The van der Waals surface area contributed by atoms with E-state index in [1.165, 1.54) is 54.6 Å². The second-order valence-corrected chi connectivity index (χ2v) is 12.4. The zero-order chi connectivity index (χ0) is 28.9. The summed E-state index contributed by atoms with van der Waals surface area (Å²) in [4.78, 5) is 12.9. The molecular formula is C28H26ClN3O6S2. The van der Waals surface area contributed by atoms with Crippen molar-refractivity contribution in [3.63, 3.8) is 0 Å². The average molecular weight is 600 g/mol. The number of benzene rings is 4. The molecule has 3 N–H and O–H groups in total. The topological polar surface area (TPSA) is 131 Å². The highest BCUT2D eigenvalue weighted by Gasteiger charge is 2.18. The lowest BCUT2D eigenvalue weighted by Gasteiger charge is -2.12. The highest BCUT2D eigenvalue weighted by molar-refractivity contribution is 7.93. The Morgan fingerprint density at radius 3 is 1.77 bits per heavy atom. The first kappa shape index (κ1) is 28.9. The number of hydrogen-bond donors (Lipinski definition) is 3. The lowest BCUT2D eigenvalue weighted by molar-refractivity contribution is 0.102. The van der Waals surface area contributed by atoms with Crippen molar-refractivity contribution in [1.82, 2.24) is 0 Å². The molecule has 0 saturated heterocycles. The van der Waals surface area contributed by atoms with E-state index in [9.17, 15) is 21.6 Å². The molecule has 1 amide bonds. The molecule has 0 aliphatic heterocycles. The van der Waals surface area contributed by atoms with E-state index in [-0.39, 0.29) is 26.1 Å². The third kappa shape index (κ3) is 7.12. The van der Waals surface area contributed by atoms with Gasteiger partial charge in [0.15, 0.2) is 0 Å². The van der Waals surface area contributed by atoms with Crippen LogP contribution in [0.5, 0.6) is 5.75 Å².